The fourth-order valence-corrected chi connectivity index (χ4v) is 1.62. The molecule has 1 heterocycles. The van der Waals surface area contributed by atoms with Gasteiger partial charge in [-0.1, -0.05) is 0 Å². The van der Waals surface area contributed by atoms with E-state index in [2.05, 4.69) is 0 Å². The standard InChI is InChI=1S/C7H13NO2/c1-8(2)5-3-4-6(8)7(9)10/h6H,3-5H2,1-2H3/p+1/t6-/m0/s1/i1+1,2+1. The zero-order valence-corrected chi connectivity index (χ0v) is 6.50. The van der Waals surface area contributed by atoms with Crippen LogP contribution < -0.4 is 0 Å². The van der Waals surface area contributed by atoms with Gasteiger partial charge in [0, 0.05) is 12.8 Å². The van der Waals surface area contributed by atoms with Crippen LogP contribution in [-0.2, 0) is 4.79 Å². The van der Waals surface area contributed by atoms with Gasteiger partial charge in [-0.15, -0.1) is 0 Å². The van der Waals surface area contributed by atoms with Crippen molar-refractivity contribution >= 4 is 5.97 Å². The number of nitrogens with zero attached hydrogens (tertiary/aromatic N) is 1. The van der Waals surface area contributed by atoms with E-state index >= 15 is 0 Å². The molecule has 0 unspecified atom stereocenters. The van der Waals surface area contributed by atoms with E-state index in [4.69, 9.17) is 5.11 Å². The SMILES string of the molecule is [13CH3][N+]1([13CH3])CCC[C@H]1C(=O)O. The van der Waals surface area contributed by atoms with Gasteiger partial charge >= 0.3 is 5.97 Å². The van der Waals surface area contributed by atoms with Gasteiger partial charge in [0.05, 0.1) is 20.6 Å². The second-order valence-corrected chi connectivity index (χ2v) is 3.50. The quantitative estimate of drug-likeness (QED) is 0.427. The average Bonchev–Trinajstić information content (AvgIpc) is 2.08. The molecule has 1 rings (SSSR count). The van der Waals surface area contributed by atoms with Crippen molar-refractivity contribution in [2.75, 3.05) is 20.6 Å². The first-order chi connectivity index (χ1) is 4.54. The first-order valence-corrected chi connectivity index (χ1v) is 3.59. The Hall–Kier alpha value is -0.570. The fourth-order valence-electron chi connectivity index (χ4n) is 1.62. The Balaban J connectivity index is 2.68. The van der Waals surface area contributed by atoms with Gasteiger partial charge in [0.25, 0.3) is 0 Å². The summed E-state index contributed by atoms with van der Waals surface area (Å²) in [7, 11) is 3.96. The third kappa shape index (κ3) is 1.14. The summed E-state index contributed by atoms with van der Waals surface area (Å²) in [6, 6.07) is -0.167. The van der Waals surface area contributed by atoms with Gasteiger partial charge in [-0.3, -0.25) is 0 Å². The number of likely N-dealkylation sites (tertiary alicyclic amines) is 1. The molecule has 0 amide bonds. The summed E-state index contributed by atoms with van der Waals surface area (Å²) in [6.45, 7) is 0.997. The number of quaternary nitrogens is 1. The highest BCUT2D eigenvalue weighted by Crippen LogP contribution is 2.21. The normalized spacial score (nSPS) is 30.4. The van der Waals surface area contributed by atoms with Gasteiger partial charge in [-0.2, -0.15) is 0 Å². The van der Waals surface area contributed by atoms with Crippen LogP contribution in [0.4, 0.5) is 0 Å². The molecule has 0 aromatic heterocycles. The molecular weight excluding hydrogens is 132 g/mol. The summed E-state index contributed by atoms with van der Waals surface area (Å²) in [5.41, 5.74) is 0. The number of carboxylic acid groups (broad SMARTS) is 1. The number of aliphatic carboxylic acids is 1. The molecule has 1 N–H and O–H groups in total. The third-order valence-electron chi connectivity index (χ3n) is 2.34. The lowest BCUT2D eigenvalue weighted by atomic mass is 10.2. The van der Waals surface area contributed by atoms with Crippen molar-refractivity contribution in [2.24, 2.45) is 0 Å². The Morgan fingerprint density at radius 1 is 1.60 bits per heavy atom. The van der Waals surface area contributed by atoms with E-state index in [1.807, 2.05) is 14.1 Å². The van der Waals surface area contributed by atoms with Gasteiger partial charge in [-0.25, -0.2) is 4.79 Å². The smallest absolute Gasteiger partial charge is 0.362 e. The molecule has 0 spiro atoms. The van der Waals surface area contributed by atoms with Crippen LogP contribution >= 0.6 is 0 Å². The maximum Gasteiger partial charge on any atom is 0.362 e. The molecule has 1 aliphatic rings. The van der Waals surface area contributed by atoms with Crippen LogP contribution in [0.1, 0.15) is 12.8 Å². The van der Waals surface area contributed by atoms with E-state index in [0.717, 1.165) is 19.4 Å². The second-order valence-electron chi connectivity index (χ2n) is 3.50. The molecule has 1 fully saturated rings. The highest BCUT2D eigenvalue weighted by atomic mass is 16.4. The molecule has 1 atom stereocenters. The van der Waals surface area contributed by atoms with Crippen molar-refractivity contribution in [1.29, 1.82) is 0 Å². The number of rotatable bonds is 1. The average molecular weight is 146 g/mol. The van der Waals surface area contributed by atoms with E-state index in [-0.39, 0.29) is 6.04 Å². The number of hydrogen-bond donors (Lipinski definition) is 1. The molecule has 1 aliphatic heterocycles. The minimum Gasteiger partial charge on any atom is -0.477 e. The summed E-state index contributed by atoms with van der Waals surface area (Å²) in [5.74, 6) is -0.650. The lowest BCUT2D eigenvalue weighted by Gasteiger charge is -2.28. The molecule has 0 aromatic carbocycles. The molecule has 58 valence electrons. The molecule has 10 heavy (non-hydrogen) atoms. The van der Waals surface area contributed by atoms with Gasteiger partial charge in [0.15, 0.2) is 6.04 Å². The molecule has 0 bridgehead atoms. The topological polar surface area (TPSA) is 37.3 Å². The Morgan fingerprint density at radius 2 is 2.20 bits per heavy atom. The Morgan fingerprint density at radius 3 is 2.40 bits per heavy atom. The van der Waals surface area contributed by atoms with Crippen LogP contribution in [-0.4, -0.2) is 42.2 Å². The zero-order chi connectivity index (χ0) is 7.78. The van der Waals surface area contributed by atoms with Crippen LogP contribution in [0.25, 0.3) is 0 Å². The van der Waals surface area contributed by atoms with Gasteiger partial charge in [-0.05, 0) is 0 Å². The van der Waals surface area contributed by atoms with Crippen LogP contribution in [0.5, 0.6) is 0 Å². The first-order valence-electron chi connectivity index (χ1n) is 3.59. The van der Waals surface area contributed by atoms with Crippen LogP contribution in [0.3, 0.4) is 0 Å². The van der Waals surface area contributed by atoms with Gasteiger partial charge in [0.1, 0.15) is 0 Å². The Kier molecular flexibility index (Phi) is 1.68. The Bertz CT molecular complexity index is 154. The molecule has 3 heteroatoms. The summed E-state index contributed by atoms with van der Waals surface area (Å²) in [6.07, 6.45) is 1.88. The van der Waals surface area contributed by atoms with E-state index in [1.165, 1.54) is 0 Å². The summed E-state index contributed by atoms with van der Waals surface area (Å²) >= 11 is 0. The van der Waals surface area contributed by atoms with Crippen molar-refractivity contribution in [2.45, 2.75) is 18.9 Å². The fraction of sp³-hybridized carbons (Fsp3) is 0.857. The molecular formula is C7H14NO2+. The zero-order valence-electron chi connectivity index (χ0n) is 6.50. The van der Waals surface area contributed by atoms with Crippen molar-refractivity contribution < 1.29 is 14.4 Å². The number of carbonyl (C=O) groups is 1. The highest BCUT2D eigenvalue weighted by Gasteiger charge is 2.39. The molecule has 3 nitrogen and oxygen atoms in total. The lowest BCUT2D eigenvalue weighted by molar-refractivity contribution is -0.893. The third-order valence-corrected chi connectivity index (χ3v) is 2.34. The van der Waals surface area contributed by atoms with Crippen molar-refractivity contribution in [3.8, 4) is 0 Å². The molecule has 0 saturated carbocycles. The molecule has 0 aromatic rings. The monoisotopic (exact) mass is 146 g/mol. The highest BCUT2D eigenvalue weighted by molar-refractivity contribution is 5.72. The summed E-state index contributed by atoms with van der Waals surface area (Å²) in [5, 5.41) is 8.73. The predicted molar refractivity (Wildman–Crippen MR) is 37.6 cm³/mol. The molecule has 0 aliphatic carbocycles. The first kappa shape index (κ1) is 7.54. The molecule has 1 saturated heterocycles. The van der Waals surface area contributed by atoms with Crippen molar-refractivity contribution in [3.63, 3.8) is 0 Å². The minimum absolute atomic E-state index is 0.167. The van der Waals surface area contributed by atoms with Crippen molar-refractivity contribution in [3.05, 3.63) is 0 Å². The summed E-state index contributed by atoms with van der Waals surface area (Å²) < 4.78 is 0.648. The second kappa shape index (κ2) is 2.23. The number of likely N-dealkylation sites (N-methyl/N-ethyl adjacent to an activating group) is 1. The van der Waals surface area contributed by atoms with Crippen LogP contribution in [0.15, 0.2) is 0 Å². The maximum atomic E-state index is 10.6. The van der Waals surface area contributed by atoms with E-state index in [9.17, 15) is 4.79 Å². The van der Waals surface area contributed by atoms with Gasteiger partial charge in [0.2, 0.25) is 0 Å². The lowest BCUT2D eigenvalue weighted by Crippen LogP contribution is -2.48. The van der Waals surface area contributed by atoms with Crippen LogP contribution in [0, 0.1) is 0 Å². The van der Waals surface area contributed by atoms with Crippen molar-refractivity contribution in [1.82, 2.24) is 0 Å². The minimum atomic E-state index is -0.650. The largest absolute Gasteiger partial charge is 0.477 e. The Labute approximate surface area is 60.8 Å². The molecule has 0 radical (unpaired) electrons. The number of carboxylic acids is 1. The van der Waals surface area contributed by atoms with Gasteiger partial charge < -0.3 is 9.59 Å². The predicted octanol–water partition coefficient (Wildman–Crippen LogP) is 0.310. The summed E-state index contributed by atoms with van der Waals surface area (Å²) in [4.78, 5) is 10.6. The number of hydrogen-bond acceptors (Lipinski definition) is 1. The van der Waals surface area contributed by atoms with E-state index in [0.29, 0.717) is 4.48 Å². The maximum absolute atomic E-state index is 10.6. The van der Waals surface area contributed by atoms with E-state index < -0.39 is 5.97 Å². The van der Waals surface area contributed by atoms with Crippen LogP contribution in [0.2, 0.25) is 0 Å². The van der Waals surface area contributed by atoms with E-state index in [1.54, 1.807) is 0 Å².